The van der Waals surface area contributed by atoms with Gasteiger partial charge in [0, 0.05) is 23.5 Å². The number of amides is 1. The molecule has 0 saturated carbocycles. The number of allylic oxidation sites excluding steroid dienone is 1. The Hall–Kier alpha value is -3.81. The lowest BCUT2D eigenvalue weighted by atomic mass is 10.0. The van der Waals surface area contributed by atoms with Crippen LogP contribution in [-0.4, -0.2) is 23.9 Å². The van der Waals surface area contributed by atoms with Crippen molar-refractivity contribution < 1.29 is 23.6 Å². The van der Waals surface area contributed by atoms with Crippen LogP contribution in [-0.2, 0) is 14.3 Å². The van der Waals surface area contributed by atoms with Gasteiger partial charge in [-0.2, -0.15) is 0 Å². The average Bonchev–Trinajstić information content (AvgIpc) is 2.93. The van der Waals surface area contributed by atoms with Gasteiger partial charge in [-0.15, -0.1) is 0 Å². The molecule has 2 aromatic rings. The lowest BCUT2D eigenvalue weighted by Gasteiger charge is -2.17. The summed E-state index contributed by atoms with van der Waals surface area (Å²) in [6.07, 6.45) is 1.48. The summed E-state index contributed by atoms with van der Waals surface area (Å²) in [5, 5.41) is 10.8. The molecular formula is C20H15FN2O5. The Bertz CT molecular complexity index is 1020. The maximum absolute atomic E-state index is 13.1. The predicted molar refractivity (Wildman–Crippen MR) is 99.7 cm³/mol. The quantitative estimate of drug-likeness (QED) is 0.349. The third-order valence-electron chi connectivity index (χ3n) is 4.29. The predicted octanol–water partition coefficient (Wildman–Crippen LogP) is 3.61. The molecule has 3 rings (SSSR count). The summed E-state index contributed by atoms with van der Waals surface area (Å²) in [6.45, 7) is 1.58. The van der Waals surface area contributed by atoms with Gasteiger partial charge in [0.25, 0.3) is 11.6 Å². The molecule has 0 N–H and O–H groups in total. The average molecular weight is 382 g/mol. The van der Waals surface area contributed by atoms with Crippen LogP contribution in [0.2, 0.25) is 0 Å². The molecular weight excluding hydrogens is 367 g/mol. The minimum atomic E-state index is -0.691. The molecule has 0 unspecified atom stereocenters. The minimum Gasteiger partial charge on any atom is -0.465 e. The largest absolute Gasteiger partial charge is 0.465 e. The second-order valence-corrected chi connectivity index (χ2v) is 5.98. The van der Waals surface area contributed by atoms with E-state index in [0.717, 1.165) is 0 Å². The SMILES string of the molecule is COC(=O)C1=C(C)N(c2ccc([N+](=O)[O-])cc2)C(=O)/C1=C\c1ccc(F)cc1. The molecule has 0 saturated heterocycles. The molecule has 1 aliphatic heterocycles. The van der Waals surface area contributed by atoms with Crippen LogP contribution in [0.25, 0.3) is 6.08 Å². The fourth-order valence-corrected chi connectivity index (χ4v) is 2.94. The van der Waals surface area contributed by atoms with Crippen molar-refractivity contribution in [2.24, 2.45) is 0 Å². The van der Waals surface area contributed by atoms with Crippen molar-refractivity contribution in [2.45, 2.75) is 6.92 Å². The summed E-state index contributed by atoms with van der Waals surface area (Å²) in [4.78, 5) is 36.9. The van der Waals surface area contributed by atoms with Gasteiger partial charge in [-0.1, -0.05) is 12.1 Å². The number of benzene rings is 2. The Morgan fingerprint density at radius 1 is 1.14 bits per heavy atom. The number of hydrogen-bond acceptors (Lipinski definition) is 5. The second kappa shape index (κ2) is 7.43. The van der Waals surface area contributed by atoms with Crippen LogP contribution in [0.3, 0.4) is 0 Å². The van der Waals surface area contributed by atoms with E-state index < -0.39 is 22.6 Å². The van der Waals surface area contributed by atoms with E-state index in [1.165, 1.54) is 66.6 Å². The van der Waals surface area contributed by atoms with Gasteiger partial charge in [0.1, 0.15) is 5.82 Å². The van der Waals surface area contributed by atoms with Crippen LogP contribution >= 0.6 is 0 Å². The number of non-ortho nitro benzene ring substituents is 1. The number of hydrogen-bond donors (Lipinski definition) is 0. The smallest absolute Gasteiger partial charge is 0.340 e. The fraction of sp³-hybridized carbons (Fsp3) is 0.100. The van der Waals surface area contributed by atoms with Crippen molar-refractivity contribution >= 4 is 29.3 Å². The zero-order valence-electron chi connectivity index (χ0n) is 15.0. The zero-order chi connectivity index (χ0) is 20.4. The monoisotopic (exact) mass is 382 g/mol. The highest BCUT2D eigenvalue weighted by Gasteiger charge is 2.38. The van der Waals surface area contributed by atoms with E-state index in [9.17, 15) is 24.1 Å². The number of ether oxygens (including phenoxy) is 1. The third kappa shape index (κ3) is 3.39. The van der Waals surface area contributed by atoms with Crippen molar-refractivity contribution in [1.29, 1.82) is 0 Å². The van der Waals surface area contributed by atoms with Gasteiger partial charge < -0.3 is 4.74 Å². The molecule has 0 bridgehead atoms. The number of carbonyl (C=O) groups is 2. The van der Waals surface area contributed by atoms with E-state index in [0.29, 0.717) is 16.9 Å². The Morgan fingerprint density at radius 2 is 1.75 bits per heavy atom. The van der Waals surface area contributed by atoms with Gasteiger partial charge in [0.15, 0.2) is 0 Å². The van der Waals surface area contributed by atoms with Crippen LogP contribution in [0.4, 0.5) is 15.8 Å². The van der Waals surface area contributed by atoms with Crippen molar-refractivity contribution in [2.75, 3.05) is 12.0 Å². The van der Waals surface area contributed by atoms with Gasteiger partial charge >= 0.3 is 5.97 Å². The molecule has 1 amide bonds. The Kier molecular flexibility index (Phi) is 5.04. The molecule has 0 radical (unpaired) electrons. The molecule has 8 heteroatoms. The number of nitrogens with zero attached hydrogens (tertiary/aromatic N) is 2. The van der Waals surface area contributed by atoms with E-state index in [-0.39, 0.29) is 16.8 Å². The Morgan fingerprint density at radius 3 is 2.29 bits per heavy atom. The summed E-state index contributed by atoms with van der Waals surface area (Å²) in [5.74, 6) is -1.60. The van der Waals surface area contributed by atoms with Gasteiger partial charge in [0.2, 0.25) is 0 Å². The Labute approximate surface area is 159 Å². The maximum Gasteiger partial charge on any atom is 0.340 e. The van der Waals surface area contributed by atoms with Crippen molar-refractivity contribution in [3.05, 3.63) is 86.9 Å². The van der Waals surface area contributed by atoms with Gasteiger partial charge in [0.05, 0.1) is 23.2 Å². The number of carbonyl (C=O) groups excluding carboxylic acids is 2. The molecule has 0 spiro atoms. The first-order valence-electron chi connectivity index (χ1n) is 8.19. The maximum atomic E-state index is 13.1. The number of nitro groups is 1. The molecule has 28 heavy (non-hydrogen) atoms. The summed E-state index contributed by atoms with van der Waals surface area (Å²) in [5.41, 5.74) is 1.29. The summed E-state index contributed by atoms with van der Waals surface area (Å²) < 4.78 is 18.0. The first kappa shape index (κ1) is 19.0. The molecule has 7 nitrogen and oxygen atoms in total. The van der Waals surface area contributed by atoms with Crippen LogP contribution in [0, 0.1) is 15.9 Å². The van der Waals surface area contributed by atoms with Crippen molar-refractivity contribution in [1.82, 2.24) is 0 Å². The lowest BCUT2D eigenvalue weighted by molar-refractivity contribution is -0.384. The molecule has 1 aliphatic rings. The highest BCUT2D eigenvalue weighted by molar-refractivity contribution is 6.23. The van der Waals surface area contributed by atoms with E-state index in [2.05, 4.69) is 0 Å². The van der Waals surface area contributed by atoms with Crippen LogP contribution in [0.15, 0.2) is 65.4 Å². The molecule has 0 aliphatic carbocycles. The molecule has 0 aromatic heterocycles. The normalized spacial score (nSPS) is 15.3. The zero-order valence-corrected chi connectivity index (χ0v) is 15.0. The molecule has 142 valence electrons. The van der Waals surface area contributed by atoms with E-state index in [1.807, 2.05) is 0 Å². The number of esters is 1. The molecule has 0 fully saturated rings. The lowest BCUT2D eigenvalue weighted by Crippen LogP contribution is -2.24. The van der Waals surface area contributed by atoms with Gasteiger partial charge in [-0.25, -0.2) is 9.18 Å². The molecule has 1 heterocycles. The van der Waals surface area contributed by atoms with Crippen LogP contribution in [0.5, 0.6) is 0 Å². The second-order valence-electron chi connectivity index (χ2n) is 5.98. The van der Waals surface area contributed by atoms with Gasteiger partial charge in [-0.05, 0) is 42.8 Å². The van der Waals surface area contributed by atoms with Gasteiger partial charge in [-0.3, -0.25) is 19.8 Å². The fourth-order valence-electron chi connectivity index (χ4n) is 2.94. The standard InChI is InChI=1S/C20H15FN2O5/c1-12-18(20(25)28-2)17(11-13-3-5-14(21)6-4-13)19(24)22(12)15-7-9-16(10-8-15)23(26)27/h3-11H,1-2H3/b17-11-. The highest BCUT2D eigenvalue weighted by atomic mass is 19.1. The Balaban J connectivity index is 2.09. The first-order valence-corrected chi connectivity index (χ1v) is 8.19. The third-order valence-corrected chi connectivity index (χ3v) is 4.29. The number of rotatable bonds is 4. The van der Waals surface area contributed by atoms with E-state index in [1.54, 1.807) is 6.92 Å². The summed E-state index contributed by atoms with van der Waals surface area (Å²) in [6, 6.07) is 10.8. The van der Waals surface area contributed by atoms with E-state index >= 15 is 0 Å². The number of nitro benzene ring substituents is 1. The number of anilines is 1. The first-order chi connectivity index (χ1) is 13.3. The van der Waals surface area contributed by atoms with Crippen molar-refractivity contribution in [3.63, 3.8) is 0 Å². The summed E-state index contributed by atoms with van der Waals surface area (Å²) in [7, 11) is 1.21. The summed E-state index contributed by atoms with van der Waals surface area (Å²) >= 11 is 0. The van der Waals surface area contributed by atoms with Crippen molar-refractivity contribution in [3.8, 4) is 0 Å². The number of methoxy groups -OCH3 is 1. The van der Waals surface area contributed by atoms with E-state index in [4.69, 9.17) is 4.74 Å². The van der Waals surface area contributed by atoms with Crippen LogP contribution in [0.1, 0.15) is 12.5 Å². The molecule has 2 aromatic carbocycles. The topological polar surface area (TPSA) is 89.8 Å². The van der Waals surface area contributed by atoms with Crippen LogP contribution < -0.4 is 4.90 Å². The molecule has 0 atom stereocenters. The highest BCUT2D eigenvalue weighted by Crippen LogP contribution is 2.36. The number of halogens is 1. The minimum absolute atomic E-state index is 0.0789.